The number of rotatable bonds is 4. The molecule has 1 atom stereocenters. The molecular formula is C11H12BrClO3S. The first-order valence-electron chi connectivity index (χ1n) is 4.79. The van der Waals surface area contributed by atoms with E-state index in [-0.39, 0.29) is 16.7 Å². The highest BCUT2D eigenvalue weighted by atomic mass is 79.9. The highest BCUT2D eigenvalue weighted by Gasteiger charge is 2.20. The molecule has 0 aliphatic heterocycles. The first-order valence-corrected chi connectivity index (χ1v) is 7.90. The fraction of sp³-hybridized carbons (Fsp3) is 0.273. The second-order valence-corrected chi connectivity index (χ2v) is 7.00. The van der Waals surface area contributed by atoms with Crippen LogP contribution >= 0.6 is 26.6 Å². The predicted molar refractivity (Wildman–Crippen MR) is 72.2 cm³/mol. The van der Waals surface area contributed by atoms with Crippen molar-refractivity contribution in [2.24, 2.45) is 0 Å². The third kappa shape index (κ3) is 3.72. The first kappa shape index (κ1) is 14.5. The molecule has 1 aromatic rings. The van der Waals surface area contributed by atoms with E-state index in [1.54, 1.807) is 26.0 Å². The lowest BCUT2D eigenvalue weighted by Gasteiger charge is -2.16. The molecule has 94 valence electrons. The van der Waals surface area contributed by atoms with Crippen LogP contribution < -0.4 is 4.74 Å². The second kappa shape index (κ2) is 5.42. The molecule has 0 heterocycles. The smallest absolute Gasteiger partial charge is 0.265 e. The minimum absolute atomic E-state index is 0.0419. The Kier molecular flexibility index (Phi) is 4.63. The number of benzene rings is 1. The Morgan fingerprint density at radius 2 is 2.12 bits per heavy atom. The Morgan fingerprint density at radius 1 is 1.53 bits per heavy atom. The average molecular weight is 340 g/mol. The summed E-state index contributed by atoms with van der Waals surface area (Å²) in [6.07, 6.45) is 1.28. The molecule has 0 bridgehead atoms. The maximum Gasteiger partial charge on any atom is 0.265 e. The molecule has 0 spiro atoms. The van der Waals surface area contributed by atoms with Crippen LogP contribution in [0.4, 0.5) is 0 Å². The van der Waals surface area contributed by atoms with Gasteiger partial charge in [-0.3, -0.25) is 0 Å². The largest absolute Gasteiger partial charge is 0.485 e. The van der Waals surface area contributed by atoms with E-state index in [1.165, 1.54) is 6.07 Å². The van der Waals surface area contributed by atoms with E-state index >= 15 is 0 Å². The molecule has 0 saturated carbocycles. The van der Waals surface area contributed by atoms with E-state index in [4.69, 9.17) is 15.4 Å². The lowest BCUT2D eigenvalue weighted by atomic mass is 10.2. The molecule has 0 N–H and O–H groups in total. The summed E-state index contributed by atoms with van der Waals surface area (Å²) < 4.78 is 29.1. The Hall–Kier alpha value is -0.520. The molecule has 0 amide bonds. The molecule has 1 aromatic carbocycles. The van der Waals surface area contributed by atoms with E-state index < -0.39 is 9.05 Å². The van der Waals surface area contributed by atoms with Crippen molar-refractivity contribution in [1.29, 1.82) is 0 Å². The van der Waals surface area contributed by atoms with E-state index in [1.807, 2.05) is 0 Å². The lowest BCUT2D eigenvalue weighted by Crippen LogP contribution is -2.11. The Labute approximate surface area is 114 Å². The number of hydrogen-bond acceptors (Lipinski definition) is 3. The van der Waals surface area contributed by atoms with Gasteiger partial charge in [0.05, 0.1) is 0 Å². The van der Waals surface area contributed by atoms with Crippen LogP contribution in [0.1, 0.15) is 12.5 Å². The van der Waals surface area contributed by atoms with Crippen molar-refractivity contribution in [1.82, 2.24) is 0 Å². The molecule has 0 saturated heterocycles. The molecule has 0 aliphatic rings. The molecule has 0 aromatic heterocycles. The van der Waals surface area contributed by atoms with Crippen molar-refractivity contribution >= 4 is 35.7 Å². The number of aryl methyl sites for hydroxylation is 1. The van der Waals surface area contributed by atoms with Gasteiger partial charge in [0, 0.05) is 15.2 Å². The van der Waals surface area contributed by atoms with Gasteiger partial charge < -0.3 is 4.74 Å². The predicted octanol–water partition coefficient (Wildman–Crippen LogP) is 3.64. The third-order valence-corrected chi connectivity index (χ3v) is 3.89. The third-order valence-electron chi connectivity index (χ3n) is 2.10. The standard InChI is InChI=1S/C11H12BrClO3S/c1-4-8(3)16-11-7(2)5-9(12)6-10(11)17(13,14)15/h4-6,8H,1H2,2-3H3. The summed E-state index contributed by atoms with van der Waals surface area (Å²) in [5, 5.41) is 0. The van der Waals surface area contributed by atoms with E-state index in [2.05, 4.69) is 22.5 Å². The monoisotopic (exact) mass is 338 g/mol. The van der Waals surface area contributed by atoms with Gasteiger partial charge in [-0.15, -0.1) is 0 Å². The van der Waals surface area contributed by atoms with E-state index in [9.17, 15) is 8.42 Å². The van der Waals surface area contributed by atoms with Crippen molar-refractivity contribution in [3.8, 4) is 5.75 Å². The van der Waals surface area contributed by atoms with Crippen LogP contribution in [-0.4, -0.2) is 14.5 Å². The molecule has 0 fully saturated rings. The fourth-order valence-electron chi connectivity index (χ4n) is 1.27. The maximum atomic E-state index is 11.5. The summed E-state index contributed by atoms with van der Waals surface area (Å²) in [5.41, 5.74) is 0.687. The van der Waals surface area contributed by atoms with Gasteiger partial charge >= 0.3 is 0 Å². The molecular weight excluding hydrogens is 328 g/mol. The van der Waals surface area contributed by atoms with Crippen molar-refractivity contribution in [3.63, 3.8) is 0 Å². The maximum absolute atomic E-state index is 11.5. The van der Waals surface area contributed by atoms with Crippen LogP contribution in [0.3, 0.4) is 0 Å². The van der Waals surface area contributed by atoms with E-state index in [0.717, 1.165) is 0 Å². The summed E-state index contributed by atoms with van der Waals surface area (Å²) in [6.45, 7) is 7.09. The molecule has 3 nitrogen and oxygen atoms in total. The van der Waals surface area contributed by atoms with Gasteiger partial charge in [0.1, 0.15) is 16.7 Å². The Bertz CT molecular complexity index is 540. The van der Waals surface area contributed by atoms with E-state index in [0.29, 0.717) is 10.0 Å². The number of halogens is 2. The lowest BCUT2D eigenvalue weighted by molar-refractivity contribution is 0.261. The van der Waals surface area contributed by atoms with Crippen molar-refractivity contribution in [2.75, 3.05) is 0 Å². The van der Waals surface area contributed by atoms with Crippen LogP contribution in [0.5, 0.6) is 5.75 Å². The normalized spacial score (nSPS) is 13.2. The summed E-state index contributed by atoms with van der Waals surface area (Å²) in [7, 11) is 1.53. The zero-order valence-electron chi connectivity index (χ0n) is 9.41. The van der Waals surface area contributed by atoms with Crippen LogP contribution in [-0.2, 0) is 9.05 Å². The van der Waals surface area contributed by atoms with Crippen LogP contribution in [0, 0.1) is 6.92 Å². The van der Waals surface area contributed by atoms with Crippen LogP contribution in [0.25, 0.3) is 0 Å². The quantitative estimate of drug-likeness (QED) is 0.621. The van der Waals surface area contributed by atoms with Crippen molar-refractivity contribution < 1.29 is 13.2 Å². The SMILES string of the molecule is C=CC(C)Oc1c(C)cc(Br)cc1S(=O)(=O)Cl. The van der Waals surface area contributed by atoms with Gasteiger partial charge in [0.2, 0.25) is 0 Å². The summed E-state index contributed by atoms with van der Waals surface area (Å²) in [6, 6.07) is 3.18. The van der Waals surface area contributed by atoms with Gasteiger partial charge in [-0.25, -0.2) is 8.42 Å². The topological polar surface area (TPSA) is 43.4 Å². The summed E-state index contributed by atoms with van der Waals surface area (Å²) >= 11 is 3.22. The highest BCUT2D eigenvalue weighted by molar-refractivity contribution is 9.10. The van der Waals surface area contributed by atoms with Crippen LogP contribution in [0.15, 0.2) is 34.2 Å². The number of hydrogen-bond donors (Lipinski definition) is 0. The average Bonchev–Trinajstić information content (AvgIpc) is 2.19. The summed E-state index contributed by atoms with van der Waals surface area (Å²) in [4.78, 5) is -0.0419. The van der Waals surface area contributed by atoms with Crippen molar-refractivity contribution in [2.45, 2.75) is 24.8 Å². The minimum Gasteiger partial charge on any atom is -0.485 e. The fourth-order valence-corrected chi connectivity index (χ4v) is 3.03. The Morgan fingerprint density at radius 3 is 2.59 bits per heavy atom. The zero-order chi connectivity index (χ0) is 13.2. The van der Waals surface area contributed by atoms with Gasteiger partial charge in [-0.2, -0.15) is 0 Å². The minimum atomic E-state index is -3.85. The highest BCUT2D eigenvalue weighted by Crippen LogP contribution is 2.34. The molecule has 0 radical (unpaired) electrons. The number of ether oxygens (including phenoxy) is 1. The molecule has 17 heavy (non-hydrogen) atoms. The van der Waals surface area contributed by atoms with Crippen molar-refractivity contribution in [3.05, 3.63) is 34.8 Å². The van der Waals surface area contributed by atoms with Crippen LogP contribution in [0.2, 0.25) is 0 Å². The van der Waals surface area contributed by atoms with Gasteiger partial charge in [0.15, 0.2) is 0 Å². The summed E-state index contributed by atoms with van der Waals surface area (Å²) in [5.74, 6) is 0.260. The molecule has 6 heteroatoms. The molecule has 1 rings (SSSR count). The first-order chi connectivity index (χ1) is 7.75. The molecule has 0 aliphatic carbocycles. The second-order valence-electron chi connectivity index (χ2n) is 3.55. The molecule has 1 unspecified atom stereocenters. The Balaban J connectivity index is 3.41. The van der Waals surface area contributed by atoms with Gasteiger partial charge in [-0.05, 0) is 31.5 Å². The zero-order valence-corrected chi connectivity index (χ0v) is 12.6. The van der Waals surface area contributed by atoms with Gasteiger partial charge in [0.25, 0.3) is 9.05 Å². The van der Waals surface area contributed by atoms with Gasteiger partial charge in [-0.1, -0.05) is 28.6 Å².